The fourth-order valence-corrected chi connectivity index (χ4v) is 1.89. The Balaban J connectivity index is 2.13. The zero-order valence-electron chi connectivity index (χ0n) is 8.58. The highest BCUT2D eigenvalue weighted by atomic mass is 16.4. The van der Waals surface area contributed by atoms with Crippen LogP contribution in [0.1, 0.15) is 38.5 Å². The van der Waals surface area contributed by atoms with Gasteiger partial charge in [0.05, 0.1) is 0 Å². The summed E-state index contributed by atoms with van der Waals surface area (Å²) in [6.07, 6.45) is 5.00. The van der Waals surface area contributed by atoms with E-state index >= 15 is 0 Å². The number of carbonyl (C=O) groups excluding carboxylic acids is 1. The van der Waals surface area contributed by atoms with Crippen LogP contribution in [-0.4, -0.2) is 23.0 Å². The van der Waals surface area contributed by atoms with E-state index in [1.165, 1.54) is 0 Å². The minimum atomic E-state index is -0.935. The van der Waals surface area contributed by atoms with Crippen molar-refractivity contribution in [3.8, 4) is 0 Å². The van der Waals surface area contributed by atoms with Gasteiger partial charge in [-0.15, -0.1) is 0 Å². The van der Waals surface area contributed by atoms with E-state index in [0.29, 0.717) is 30.0 Å². The van der Waals surface area contributed by atoms with Gasteiger partial charge in [-0.25, -0.2) is 4.79 Å². The predicted octanol–water partition coefficient (Wildman–Crippen LogP) is 1.22. The second-order valence-corrected chi connectivity index (χ2v) is 4.22. The summed E-state index contributed by atoms with van der Waals surface area (Å²) in [4.78, 5) is 22.7. The molecule has 2 aliphatic carbocycles. The molecule has 0 bridgehead atoms. The molecule has 0 spiro atoms. The first-order chi connectivity index (χ1) is 7.18. The quantitative estimate of drug-likeness (QED) is 0.734. The van der Waals surface area contributed by atoms with Crippen molar-refractivity contribution in [1.29, 1.82) is 0 Å². The Labute approximate surface area is 88.4 Å². The van der Waals surface area contributed by atoms with E-state index in [1.54, 1.807) is 0 Å². The molecule has 4 heteroatoms. The van der Waals surface area contributed by atoms with Crippen molar-refractivity contribution in [3.63, 3.8) is 0 Å². The van der Waals surface area contributed by atoms with Gasteiger partial charge in [-0.3, -0.25) is 4.79 Å². The predicted molar refractivity (Wildman–Crippen MR) is 54.3 cm³/mol. The third kappa shape index (κ3) is 2.37. The van der Waals surface area contributed by atoms with E-state index < -0.39 is 5.97 Å². The zero-order chi connectivity index (χ0) is 10.8. The summed E-state index contributed by atoms with van der Waals surface area (Å²) in [5.74, 6) is -1.09. The van der Waals surface area contributed by atoms with Crippen LogP contribution < -0.4 is 5.32 Å². The first kappa shape index (κ1) is 10.2. The topological polar surface area (TPSA) is 66.4 Å². The van der Waals surface area contributed by atoms with Crippen LogP contribution in [0.2, 0.25) is 0 Å². The molecule has 0 aromatic heterocycles. The Morgan fingerprint density at radius 3 is 2.27 bits per heavy atom. The number of carbonyl (C=O) groups is 2. The molecular weight excluding hydrogens is 194 g/mol. The average Bonchev–Trinajstić information content (AvgIpc) is 3.01. The van der Waals surface area contributed by atoms with Crippen LogP contribution in [0.25, 0.3) is 0 Å². The fourth-order valence-electron chi connectivity index (χ4n) is 1.89. The van der Waals surface area contributed by atoms with Gasteiger partial charge in [-0.05, 0) is 38.5 Å². The van der Waals surface area contributed by atoms with Crippen LogP contribution in [-0.2, 0) is 9.59 Å². The van der Waals surface area contributed by atoms with Crippen LogP contribution in [0.15, 0.2) is 11.1 Å². The number of hydrogen-bond donors (Lipinski definition) is 2. The van der Waals surface area contributed by atoms with Crippen LogP contribution >= 0.6 is 0 Å². The van der Waals surface area contributed by atoms with Gasteiger partial charge in [0, 0.05) is 17.2 Å². The number of amides is 1. The van der Waals surface area contributed by atoms with Crippen molar-refractivity contribution in [1.82, 2.24) is 5.32 Å². The highest BCUT2D eigenvalue weighted by molar-refractivity contribution is 6.02. The minimum absolute atomic E-state index is 0.158. The van der Waals surface area contributed by atoms with Crippen molar-refractivity contribution in [2.24, 2.45) is 0 Å². The van der Waals surface area contributed by atoms with E-state index in [2.05, 4.69) is 5.32 Å². The van der Waals surface area contributed by atoms with Crippen molar-refractivity contribution in [2.75, 3.05) is 0 Å². The van der Waals surface area contributed by atoms with Gasteiger partial charge >= 0.3 is 5.97 Å². The van der Waals surface area contributed by atoms with Crippen molar-refractivity contribution in [3.05, 3.63) is 11.1 Å². The van der Waals surface area contributed by atoms with Gasteiger partial charge in [-0.1, -0.05) is 0 Å². The number of aliphatic carboxylic acids is 1. The largest absolute Gasteiger partial charge is 0.478 e. The highest BCUT2D eigenvalue weighted by Crippen LogP contribution is 2.26. The Morgan fingerprint density at radius 2 is 1.73 bits per heavy atom. The third-order valence-corrected chi connectivity index (χ3v) is 2.91. The minimum Gasteiger partial charge on any atom is -0.478 e. The van der Waals surface area contributed by atoms with Gasteiger partial charge in [0.2, 0.25) is 5.91 Å². The number of carboxylic acids is 1. The first-order valence-electron chi connectivity index (χ1n) is 5.44. The molecule has 2 aliphatic rings. The standard InChI is InChI=1S/C11H15NO3/c13-10(12-7-5-6-7)8-3-1-2-4-9(8)11(14)15/h7H,1-6H2,(H,12,13)(H,14,15). The summed E-state index contributed by atoms with van der Waals surface area (Å²) >= 11 is 0. The molecule has 0 atom stereocenters. The van der Waals surface area contributed by atoms with Gasteiger partial charge in [0.15, 0.2) is 0 Å². The Kier molecular flexibility index (Phi) is 2.75. The lowest BCUT2D eigenvalue weighted by Crippen LogP contribution is -2.29. The summed E-state index contributed by atoms with van der Waals surface area (Å²) in [6, 6.07) is 0.293. The van der Waals surface area contributed by atoms with E-state index in [9.17, 15) is 9.59 Å². The maximum Gasteiger partial charge on any atom is 0.332 e. The van der Waals surface area contributed by atoms with Gasteiger partial charge in [0.25, 0.3) is 0 Å². The summed E-state index contributed by atoms with van der Waals surface area (Å²) in [6.45, 7) is 0. The normalized spacial score (nSPS) is 21.3. The molecule has 0 radical (unpaired) electrons. The molecule has 0 unspecified atom stereocenters. The maximum atomic E-state index is 11.7. The number of nitrogens with one attached hydrogen (secondary N) is 1. The molecule has 1 saturated carbocycles. The monoisotopic (exact) mass is 209 g/mol. The van der Waals surface area contributed by atoms with Gasteiger partial charge < -0.3 is 10.4 Å². The molecule has 1 amide bonds. The van der Waals surface area contributed by atoms with Crippen LogP contribution in [0.3, 0.4) is 0 Å². The number of carboxylic acid groups (broad SMARTS) is 1. The summed E-state index contributed by atoms with van der Waals surface area (Å²) in [5.41, 5.74) is 0.819. The third-order valence-electron chi connectivity index (χ3n) is 2.91. The first-order valence-corrected chi connectivity index (χ1v) is 5.44. The Hall–Kier alpha value is -1.32. The maximum absolute atomic E-state index is 11.7. The molecule has 82 valence electrons. The molecule has 0 aliphatic heterocycles. The lowest BCUT2D eigenvalue weighted by Gasteiger charge is -2.16. The molecule has 2 N–H and O–H groups in total. The molecule has 1 fully saturated rings. The van der Waals surface area contributed by atoms with E-state index in [0.717, 1.165) is 25.7 Å². The molecule has 15 heavy (non-hydrogen) atoms. The second kappa shape index (κ2) is 4.04. The number of hydrogen-bond acceptors (Lipinski definition) is 2. The lowest BCUT2D eigenvalue weighted by molar-refractivity contribution is -0.133. The summed E-state index contributed by atoms with van der Waals surface area (Å²) in [7, 11) is 0. The molecule has 4 nitrogen and oxygen atoms in total. The number of rotatable bonds is 3. The zero-order valence-corrected chi connectivity index (χ0v) is 8.58. The Bertz CT molecular complexity index is 329. The average molecular weight is 209 g/mol. The highest BCUT2D eigenvalue weighted by Gasteiger charge is 2.28. The lowest BCUT2D eigenvalue weighted by atomic mass is 9.91. The molecule has 2 rings (SSSR count). The van der Waals surface area contributed by atoms with E-state index in [1.807, 2.05) is 0 Å². The van der Waals surface area contributed by atoms with Crippen molar-refractivity contribution < 1.29 is 14.7 Å². The molecule has 0 aromatic carbocycles. The van der Waals surface area contributed by atoms with Crippen LogP contribution in [0.5, 0.6) is 0 Å². The fraction of sp³-hybridized carbons (Fsp3) is 0.636. The van der Waals surface area contributed by atoms with E-state index in [4.69, 9.17) is 5.11 Å². The van der Waals surface area contributed by atoms with Crippen LogP contribution in [0.4, 0.5) is 0 Å². The van der Waals surface area contributed by atoms with Crippen molar-refractivity contribution in [2.45, 2.75) is 44.6 Å². The Morgan fingerprint density at radius 1 is 1.13 bits per heavy atom. The smallest absolute Gasteiger partial charge is 0.332 e. The molecule has 0 heterocycles. The van der Waals surface area contributed by atoms with Crippen LogP contribution in [0, 0.1) is 0 Å². The summed E-state index contributed by atoms with van der Waals surface area (Å²) in [5, 5.41) is 11.8. The SMILES string of the molecule is O=C(O)C1=C(C(=O)NC2CC2)CCCC1. The molecular formula is C11H15NO3. The van der Waals surface area contributed by atoms with E-state index in [-0.39, 0.29) is 5.91 Å². The molecule has 0 aromatic rings. The van der Waals surface area contributed by atoms with Gasteiger partial charge in [0.1, 0.15) is 0 Å². The van der Waals surface area contributed by atoms with Crippen molar-refractivity contribution >= 4 is 11.9 Å². The van der Waals surface area contributed by atoms with Gasteiger partial charge in [-0.2, -0.15) is 0 Å². The molecule has 0 saturated heterocycles. The summed E-state index contributed by atoms with van der Waals surface area (Å²) < 4.78 is 0. The second-order valence-electron chi connectivity index (χ2n) is 4.22.